The number of nitrogens with zero attached hydrogens (tertiary/aromatic N) is 3. The number of rotatable bonds is 7. The van der Waals surface area contributed by atoms with E-state index >= 15 is 0 Å². The predicted octanol–water partition coefficient (Wildman–Crippen LogP) is 4.84. The van der Waals surface area contributed by atoms with Gasteiger partial charge in [-0.1, -0.05) is 32.0 Å². The van der Waals surface area contributed by atoms with Crippen molar-refractivity contribution in [3.63, 3.8) is 0 Å². The molecule has 1 aliphatic carbocycles. The summed E-state index contributed by atoms with van der Waals surface area (Å²) in [6.07, 6.45) is 6.52. The molecule has 0 amide bonds. The van der Waals surface area contributed by atoms with E-state index in [-0.39, 0.29) is 25.6 Å². The minimum absolute atomic E-state index is 0. The second kappa shape index (κ2) is 14.0. The van der Waals surface area contributed by atoms with Crippen LogP contribution in [0.3, 0.4) is 0 Å². The minimum atomic E-state index is -2.08. The summed E-state index contributed by atoms with van der Waals surface area (Å²) in [4.78, 5) is 20.9. The van der Waals surface area contributed by atoms with Crippen LogP contribution < -0.4 is 11.0 Å². The number of fused-ring (bicyclic) bond motifs is 3. The number of aromatic amines is 1. The van der Waals surface area contributed by atoms with Gasteiger partial charge in [0.1, 0.15) is 12.4 Å². The van der Waals surface area contributed by atoms with Crippen molar-refractivity contribution in [2.45, 2.75) is 76.5 Å². The van der Waals surface area contributed by atoms with Gasteiger partial charge in [-0.15, -0.1) is 0 Å². The number of aromatic nitrogens is 4. The molecule has 1 saturated carbocycles. The fourth-order valence-electron chi connectivity index (χ4n) is 4.53. The summed E-state index contributed by atoms with van der Waals surface area (Å²) in [6, 6.07) is 10.7. The summed E-state index contributed by atoms with van der Waals surface area (Å²) in [5, 5.41) is 4.43. The summed E-state index contributed by atoms with van der Waals surface area (Å²) in [6.45, 7) is 10.7. The molecule has 0 aliphatic heterocycles. The van der Waals surface area contributed by atoms with E-state index < -0.39 is 11.1 Å². The van der Waals surface area contributed by atoms with Crippen LogP contribution in [0.2, 0.25) is 0 Å². The first-order valence-electron chi connectivity index (χ1n) is 13.3. The van der Waals surface area contributed by atoms with Crippen molar-refractivity contribution >= 4 is 33.1 Å². The molecule has 1 aliphatic rings. The van der Waals surface area contributed by atoms with Gasteiger partial charge in [-0.05, 0) is 69.3 Å². The Morgan fingerprint density at radius 3 is 2.56 bits per heavy atom. The zero-order valence-electron chi connectivity index (χ0n) is 23.6. The monoisotopic (exact) mass is 560 g/mol. The van der Waals surface area contributed by atoms with Crippen LogP contribution in [0.1, 0.15) is 61.3 Å². The van der Waals surface area contributed by atoms with Gasteiger partial charge in [0.05, 0.1) is 29.6 Å². The standard InChI is InChI=1S/C20H29N5O3.C6H6O2S.C2H6.H2/c1-20(2,3)28-12-27-11-23-13-5-6-14(9-13)25-17-15-7-8-21-18(15)22-10-16(17)24(4)19(25)26;7-9(8)6-4-2-1-3-5-6;1-2;/h7-8,10,13-14,23H,5-6,9,11-12H2,1-4H3,(H,21,22);1-5H,(H,7,8);1-2H3;1H/p-1/t13-,14-;;;/m1.../s1. The Hall–Kier alpha value is -2.83. The fourth-order valence-corrected chi connectivity index (χ4v) is 4.91. The molecule has 0 bridgehead atoms. The highest BCUT2D eigenvalue weighted by atomic mass is 32.2. The Bertz CT molecular complexity index is 1410. The number of aryl methyl sites for hydroxylation is 1. The Morgan fingerprint density at radius 1 is 1.21 bits per heavy atom. The molecule has 0 saturated heterocycles. The van der Waals surface area contributed by atoms with Crippen LogP contribution in [0.5, 0.6) is 0 Å². The number of ether oxygens (including phenoxy) is 2. The zero-order valence-corrected chi connectivity index (χ0v) is 24.4. The Labute approximate surface area is 233 Å². The van der Waals surface area contributed by atoms with Crippen molar-refractivity contribution in [1.82, 2.24) is 24.4 Å². The molecule has 3 heterocycles. The number of imidazole rings is 1. The van der Waals surface area contributed by atoms with Gasteiger partial charge in [-0.2, -0.15) is 0 Å². The van der Waals surface area contributed by atoms with Crippen molar-refractivity contribution in [1.29, 1.82) is 0 Å². The summed E-state index contributed by atoms with van der Waals surface area (Å²) in [5.41, 5.74) is 2.47. The maximum absolute atomic E-state index is 13.0. The van der Waals surface area contributed by atoms with Gasteiger partial charge in [-0.3, -0.25) is 18.7 Å². The molecule has 39 heavy (non-hydrogen) atoms. The molecule has 216 valence electrons. The first kappa shape index (κ1) is 30.7. The van der Waals surface area contributed by atoms with Crippen LogP contribution in [0.4, 0.5) is 0 Å². The van der Waals surface area contributed by atoms with Crippen molar-refractivity contribution in [2.24, 2.45) is 7.05 Å². The van der Waals surface area contributed by atoms with Crippen LogP contribution in [0.15, 0.2) is 58.5 Å². The molecule has 5 rings (SSSR count). The lowest BCUT2D eigenvalue weighted by Gasteiger charge is -2.20. The molecule has 0 spiro atoms. The molecular weight excluding hydrogens is 518 g/mol. The third kappa shape index (κ3) is 7.86. The third-order valence-corrected chi connectivity index (χ3v) is 7.05. The van der Waals surface area contributed by atoms with Crippen molar-refractivity contribution in [3.8, 4) is 0 Å². The summed E-state index contributed by atoms with van der Waals surface area (Å²) in [5.74, 6) is 0. The molecule has 0 radical (unpaired) electrons. The average Bonchev–Trinajstić information content (AvgIpc) is 3.64. The topological polar surface area (TPSA) is 126 Å². The molecule has 3 aromatic heterocycles. The van der Waals surface area contributed by atoms with E-state index in [0.29, 0.717) is 17.7 Å². The summed E-state index contributed by atoms with van der Waals surface area (Å²) < 4.78 is 35.2. The lowest BCUT2D eigenvalue weighted by molar-refractivity contribution is -0.124. The number of benzene rings is 1. The van der Waals surface area contributed by atoms with E-state index in [1.165, 1.54) is 0 Å². The average molecular weight is 561 g/mol. The highest BCUT2D eigenvalue weighted by molar-refractivity contribution is 7.79. The summed E-state index contributed by atoms with van der Waals surface area (Å²) in [7, 11) is 1.81. The number of nitrogens with one attached hydrogen (secondary N) is 2. The van der Waals surface area contributed by atoms with Crippen LogP contribution in [-0.4, -0.2) is 53.0 Å². The van der Waals surface area contributed by atoms with E-state index in [9.17, 15) is 13.6 Å². The number of hydrogen-bond donors (Lipinski definition) is 2. The maximum Gasteiger partial charge on any atom is 0.329 e. The molecule has 11 heteroatoms. The Kier molecular flexibility index (Phi) is 11.0. The quantitative estimate of drug-likeness (QED) is 0.188. The molecule has 3 atom stereocenters. The smallest absolute Gasteiger partial charge is 0.329 e. The van der Waals surface area contributed by atoms with Gasteiger partial charge in [0.2, 0.25) is 0 Å². The lowest BCUT2D eigenvalue weighted by atomic mass is 10.2. The van der Waals surface area contributed by atoms with Crippen molar-refractivity contribution in [2.75, 3.05) is 13.5 Å². The lowest BCUT2D eigenvalue weighted by Crippen LogP contribution is -2.31. The highest BCUT2D eigenvalue weighted by Crippen LogP contribution is 2.33. The second-order valence-electron chi connectivity index (χ2n) is 10.1. The molecular formula is C28H42N5O5S-. The van der Waals surface area contributed by atoms with Gasteiger partial charge in [0.15, 0.2) is 0 Å². The van der Waals surface area contributed by atoms with Crippen LogP contribution in [0.25, 0.3) is 22.1 Å². The van der Waals surface area contributed by atoms with Gasteiger partial charge in [0, 0.05) is 37.0 Å². The predicted molar refractivity (Wildman–Crippen MR) is 155 cm³/mol. The number of hydrogen-bond acceptors (Lipinski definition) is 7. The number of H-pyrrole nitrogens is 1. The van der Waals surface area contributed by atoms with Gasteiger partial charge >= 0.3 is 5.69 Å². The highest BCUT2D eigenvalue weighted by Gasteiger charge is 2.29. The molecule has 2 N–H and O–H groups in total. The van der Waals surface area contributed by atoms with E-state index in [1.807, 2.05) is 58.5 Å². The third-order valence-electron chi connectivity index (χ3n) is 6.39. The van der Waals surface area contributed by atoms with E-state index in [4.69, 9.17) is 9.47 Å². The van der Waals surface area contributed by atoms with Gasteiger partial charge in [0.25, 0.3) is 0 Å². The SMILES string of the molecule is CC.Cn1c(=O)n([C@@H]2CC[C@@H](NCOCOC(C)(C)C)C2)c2c3cc[nH]c3ncc21.O=S([O-])c1ccccc1.[HH]. The van der Waals surface area contributed by atoms with E-state index in [0.717, 1.165) is 41.3 Å². The molecule has 4 aromatic rings. The van der Waals surface area contributed by atoms with Gasteiger partial charge < -0.3 is 19.0 Å². The van der Waals surface area contributed by atoms with Crippen LogP contribution >= 0.6 is 0 Å². The van der Waals surface area contributed by atoms with Crippen LogP contribution in [-0.2, 0) is 27.6 Å². The van der Waals surface area contributed by atoms with Gasteiger partial charge in [-0.25, -0.2) is 9.78 Å². The largest absolute Gasteiger partial charge is 0.768 e. The Morgan fingerprint density at radius 2 is 1.92 bits per heavy atom. The van der Waals surface area contributed by atoms with E-state index in [1.54, 1.807) is 41.1 Å². The fraction of sp³-hybridized carbons (Fsp3) is 0.500. The van der Waals surface area contributed by atoms with Crippen molar-refractivity contribution < 1.29 is 19.7 Å². The second-order valence-corrected chi connectivity index (χ2v) is 11.0. The normalized spacial score (nSPS) is 17.9. The molecule has 1 aromatic carbocycles. The van der Waals surface area contributed by atoms with Crippen molar-refractivity contribution in [3.05, 3.63) is 59.3 Å². The van der Waals surface area contributed by atoms with Crippen LogP contribution in [0, 0.1) is 0 Å². The molecule has 1 fully saturated rings. The molecule has 1 unspecified atom stereocenters. The molecule has 10 nitrogen and oxygen atoms in total. The maximum atomic E-state index is 13.0. The zero-order chi connectivity index (χ0) is 28.6. The Balaban J connectivity index is 0.000000396. The first-order valence-corrected chi connectivity index (χ1v) is 14.4. The first-order chi connectivity index (χ1) is 18.7. The minimum Gasteiger partial charge on any atom is -0.768 e. The number of pyridine rings is 1. The van der Waals surface area contributed by atoms with E-state index in [2.05, 4.69) is 15.3 Å². The summed E-state index contributed by atoms with van der Waals surface area (Å²) >= 11 is -2.08.